The van der Waals surface area contributed by atoms with Gasteiger partial charge in [0.25, 0.3) is 5.91 Å². The molecule has 0 spiro atoms. The van der Waals surface area contributed by atoms with Gasteiger partial charge in [0.2, 0.25) is 5.82 Å². The van der Waals surface area contributed by atoms with E-state index in [1.165, 1.54) is 12.3 Å². The van der Waals surface area contributed by atoms with E-state index in [2.05, 4.69) is 9.97 Å². The molecule has 0 unspecified atom stereocenters. The lowest BCUT2D eigenvalue weighted by atomic mass is 10.3. The van der Waals surface area contributed by atoms with Gasteiger partial charge in [-0.05, 0) is 6.07 Å². The maximum atomic E-state index is 11.9. The van der Waals surface area contributed by atoms with Crippen LogP contribution in [0.3, 0.4) is 0 Å². The summed E-state index contributed by atoms with van der Waals surface area (Å²) in [6.45, 7) is 1.90. The van der Waals surface area contributed by atoms with Crippen LogP contribution in [0, 0.1) is 0 Å². The van der Waals surface area contributed by atoms with Gasteiger partial charge in [0.1, 0.15) is 0 Å². The van der Waals surface area contributed by atoms with E-state index in [9.17, 15) is 9.59 Å². The zero-order chi connectivity index (χ0) is 12.3. The van der Waals surface area contributed by atoms with Gasteiger partial charge in [-0.25, -0.2) is 14.8 Å². The zero-order valence-electron chi connectivity index (χ0n) is 9.00. The molecule has 1 aromatic rings. The van der Waals surface area contributed by atoms with E-state index < -0.39 is 5.97 Å². The van der Waals surface area contributed by atoms with E-state index in [0.29, 0.717) is 26.3 Å². The van der Waals surface area contributed by atoms with E-state index in [0.717, 1.165) is 0 Å². The smallest absolute Gasteiger partial charge is 0.354 e. The molecule has 0 bridgehead atoms. The molecule has 0 atom stereocenters. The number of amides is 1. The van der Waals surface area contributed by atoms with Gasteiger partial charge in [-0.2, -0.15) is 0 Å². The molecular weight excluding hydrogens is 226 g/mol. The van der Waals surface area contributed by atoms with Gasteiger partial charge in [-0.1, -0.05) is 0 Å². The third-order valence-electron chi connectivity index (χ3n) is 2.36. The number of morpholine rings is 1. The quantitative estimate of drug-likeness (QED) is 0.755. The van der Waals surface area contributed by atoms with Crippen LogP contribution in [0.15, 0.2) is 12.3 Å². The third-order valence-corrected chi connectivity index (χ3v) is 2.36. The number of aromatic nitrogens is 2. The van der Waals surface area contributed by atoms with E-state index in [-0.39, 0.29) is 17.4 Å². The Morgan fingerprint density at radius 2 is 2.06 bits per heavy atom. The molecule has 2 heterocycles. The molecule has 0 saturated carbocycles. The number of hydrogen-bond acceptors (Lipinski definition) is 5. The summed E-state index contributed by atoms with van der Waals surface area (Å²) in [6.07, 6.45) is 1.27. The van der Waals surface area contributed by atoms with E-state index in [4.69, 9.17) is 9.84 Å². The van der Waals surface area contributed by atoms with Crippen molar-refractivity contribution in [1.82, 2.24) is 14.9 Å². The lowest BCUT2D eigenvalue weighted by molar-refractivity contribution is 0.0294. The Balaban J connectivity index is 2.18. The number of hydrogen-bond donors (Lipinski definition) is 1. The van der Waals surface area contributed by atoms with Crippen LogP contribution in [-0.2, 0) is 4.74 Å². The Kier molecular flexibility index (Phi) is 3.29. The van der Waals surface area contributed by atoms with Crippen LogP contribution in [0.5, 0.6) is 0 Å². The third kappa shape index (κ3) is 2.56. The van der Waals surface area contributed by atoms with Gasteiger partial charge in [0, 0.05) is 19.3 Å². The van der Waals surface area contributed by atoms with Gasteiger partial charge in [-0.15, -0.1) is 0 Å². The lowest BCUT2D eigenvalue weighted by Crippen LogP contribution is -2.41. The minimum atomic E-state index is -1.18. The molecule has 0 aromatic carbocycles. The van der Waals surface area contributed by atoms with Crippen LogP contribution in [-0.4, -0.2) is 58.2 Å². The topological polar surface area (TPSA) is 92.6 Å². The van der Waals surface area contributed by atoms with Crippen molar-refractivity contribution in [3.05, 3.63) is 23.8 Å². The molecule has 1 aliphatic rings. The summed E-state index contributed by atoms with van der Waals surface area (Å²) in [5.41, 5.74) is -0.184. The second kappa shape index (κ2) is 4.88. The Hall–Kier alpha value is -2.02. The number of nitrogens with zero attached hydrogens (tertiary/aromatic N) is 3. The predicted octanol–water partition coefficient (Wildman–Crippen LogP) is -0.353. The Bertz CT molecular complexity index is 443. The Morgan fingerprint density at radius 1 is 1.35 bits per heavy atom. The first-order valence-corrected chi connectivity index (χ1v) is 5.12. The molecule has 1 amide bonds. The number of carbonyl (C=O) groups is 2. The number of carboxylic acids is 1. The first-order valence-electron chi connectivity index (χ1n) is 5.12. The molecular formula is C10H11N3O4. The first kappa shape index (κ1) is 11.5. The number of carboxylic acid groups (broad SMARTS) is 1. The van der Waals surface area contributed by atoms with Gasteiger partial charge < -0.3 is 14.7 Å². The molecule has 90 valence electrons. The van der Waals surface area contributed by atoms with Gasteiger partial charge in [0.05, 0.1) is 13.2 Å². The van der Waals surface area contributed by atoms with Crippen LogP contribution >= 0.6 is 0 Å². The van der Waals surface area contributed by atoms with Crippen molar-refractivity contribution in [3.8, 4) is 0 Å². The van der Waals surface area contributed by atoms with Crippen LogP contribution < -0.4 is 0 Å². The first-order chi connectivity index (χ1) is 8.18. The molecule has 0 radical (unpaired) electrons. The molecule has 1 aliphatic heterocycles. The largest absolute Gasteiger partial charge is 0.477 e. The molecule has 17 heavy (non-hydrogen) atoms. The SMILES string of the molecule is O=C(O)c1ccnc(C(=O)N2CCOCC2)n1. The monoisotopic (exact) mass is 237 g/mol. The highest BCUT2D eigenvalue weighted by atomic mass is 16.5. The Morgan fingerprint density at radius 3 is 2.71 bits per heavy atom. The average molecular weight is 237 g/mol. The summed E-state index contributed by atoms with van der Waals surface area (Å²) in [5, 5.41) is 8.77. The zero-order valence-corrected chi connectivity index (χ0v) is 9.00. The van der Waals surface area contributed by atoms with Crippen molar-refractivity contribution < 1.29 is 19.4 Å². The molecule has 1 saturated heterocycles. The lowest BCUT2D eigenvalue weighted by Gasteiger charge is -2.25. The highest BCUT2D eigenvalue weighted by Gasteiger charge is 2.21. The summed E-state index contributed by atoms with van der Waals surface area (Å²) in [7, 11) is 0. The van der Waals surface area contributed by atoms with Crippen LogP contribution in [0.1, 0.15) is 21.1 Å². The number of aromatic carboxylic acids is 1. The van der Waals surface area contributed by atoms with Gasteiger partial charge in [-0.3, -0.25) is 4.79 Å². The normalized spacial score (nSPS) is 15.6. The summed E-state index contributed by atoms with van der Waals surface area (Å²) >= 11 is 0. The number of rotatable bonds is 2. The highest BCUT2D eigenvalue weighted by molar-refractivity contribution is 5.92. The molecule has 7 nitrogen and oxygen atoms in total. The van der Waals surface area contributed by atoms with E-state index >= 15 is 0 Å². The molecule has 1 fully saturated rings. The fourth-order valence-electron chi connectivity index (χ4n) is 1.49. The molecule has 1 aromatic heterocycles. The van der Waals surface area contributed by atoms with Gasteiger partial charge >= 0.3 is 5.97 Å². The van der Waals surface area contributed by atoms with E-state index in [1.807, 2.05) is 0 Å². The van der Waals surface area contributed by atoms with Crippen molar-refractivity contribution in [2.24, 2.45) is 0 Å². The maximum absolute atomic E-state index is 11.9. The van der Waals surface area contributed by atoms with Crippen molar-refractivity contribution in [3.63, 3.8) is 0 Å². The molecule has 0 aliphatic carbocycles. The van der Waals surface area contributed by atoms with Crippen molar-refractivity contribution in [2.75, 3.05) is 26.3 Å². The summed E-state index contributed by atoms with van der Waals surface area (Å²) < 4.78 is 5.12. The molecule has 2 rings (SSSR count). The minimum Gasteiger partial charge on any atom is -0.477 e. The minimum absolute atomic E-state index is 0.0909. The highest BCUT2D eigenvalue weighted by Crippen LogP contribution is 2.04. The second-order valence-corrected chi connectivity index (χ2v) is 3.48. The maximum Gasteiger partial charge on any atom is 0.354 e. The Labute approximate surface area is 97.0 Å². The fourth-order valence-corrected chi connectivity index (χ4v) is 1.49. The fraction of sp³-hybridized carbons (Fsp3) is 0.400. The number of ether oxygens (including phenoxy) is 1. The van der Waals surface area contributed by atoms with Crippen LogP contribution in [0.2, 0.25) is 0 Å². The van der Waals surface area contributed by atoms with Crippen LogP contribution in [0.25, 0.3) is 0 Å². The number of carbonyl (C=O) groups excluding carboxylic acids is 1. The van der Waals surface area contributed by atoms with Crippen molar-refractivity contribution in [1.29, 1.82) is 0 Å². The van der Waals surface area contributed by atoms with Crippen LogP contribution in [0.4, 0.5) is 0 Å². The summed E-state index contributed by atoms with van der Waals surface area (Å²) in [6, 6.07) is 1.25. The molecule has 1 N–H and O–H groups in total. The summed E-state index contributed by atoms with van der Waals surface area (Å²) in [5.74, 6) is -1.63. The van der Waals surface area contributed by atoms with Crippen molar-refractivity contribution >= 4 is 11.9 Å². The van der Waals surface area contributed by atoms with Gasteiger partial charge in [0.15, 0.2) is 5.69 Å². The predicted molar refractivity (Wildman–Crippen MR) is 55.7 cm³/mol. The van der Waals surface area contributed by atoms with E-state index in [1.54, 1.807) is 4.90 Å². The summed E-state index contributed by atoms with van der Waals surface area (Å²) in [4.78, 5) is 31.7. The standard InChI is InChI=1S/C10H11N3O4/c14-9(13-3-5-17-6-4-13)8-11-2-1-7(12-8)10(15)16/h1-2H,3-6H2,(H,15,16). The second-order valence-electron chi connectivity index (χ2n) is 3.48. The van der Waals surface area contributed by atoms with Crippen molar-refractivity contribution in [2.45, 2.75) is 0 Å². The molecule has 7 heteroatoms. The average Bonchev–Trinajstić information content (AvgIpc) is 2.39.